The fourth-order valence-electron chi connectivity index (χ4n) is 1.74. The number of rotatable bonds is 7. The predicted molar refractivity (Wildman–Crippen MR) is 68.7 cm³/mol. The zero-order valence-corrected chi connectivity index (χ0v) is 10.6. The molecule has 1 aromatic heterocycles. The summed E-state index contributed by atoms with van der Waals surface area (Å²) in [5.41, 5.74) is 1.72. The van der Waals surface area contributed by atoms with Crippen LogP contribution in [0.25, 0.3) is 0 Å². The minimum absolute atomic E-state index is 0.146. The maximum Gasteiger partial charge on any atom is 0.123 e. The number of hydrogen-bond acceptors (Lipinski definition) is 4. The summed E-state index contributed by atoms with van der Waals surface area (Å²) in [5, 5.41) is 19.9. The highest BCUT2D eigenvalue weighted by atomic mass is 19.1. The standard InChI is InChI=1S/C13H17FN4O/c14-12-4-1-3-11(7-12)8-15-9-13-10-18(17-16-13)5-2-6-19/h1,3-4,7,10,15,19H,2,5-6,8-9H2. The summed E-state index contributed by atoms with van der Waals surface area (Å²) < 4.78 is 14.7. The van der Waals surface area contributed by atoms with Gasteiger partial charge in [-0.05, 0) is 24.1 Å². The topological polar surface area (TPSA) is 63.0 Å². The first-order valence-corrected chi connectivity index (χ1v) is 6.23. The van der Waals surface area contributed by atoms with Crippen LogP contribution in [0.5, 0.6) is 0 Å². The molecule has 1 heterocycles. The first kappa shape index (κ1) is 13.6. The van der Waals surface area contributed by atoms with Gasteiger partial charge in [0, 0.05) is 32.4 Å². The van der Waals surface area contributed by atoms with Gasteiger partial charge in [-0.15, -0.1) is 5.10 Å². The molecule has 0 radical (unpaired) electrons. The Hall–Kier alpha value is -1.79. The second-order valence-corrected chi connectivity index (χ2v) is 4.28. The summed E-state index contributed by atoms with van der Waals surface area (Å²) in [7, 11) is 0. The number of benzene rings is 1. The maximum atomic E-state index is 13.0. The molecule has 0 saturated heterocycles. The molecule has 1 aromatic carbocycles. The van der Waals surface area contributed by atoms with Gasteiger partial charge in [0.25, 0.3) is 0 Å². The summed E-state index contributed by atoms with van der Waals surface area (Å²) in [6, 6.07) is 6.49. The lowest BCUT2D eigenvalue weighted by Gasteiger charge is -2.02. The van der Waals surface area contributed by atoms with Crippen molar-refractivity contribution in [2.75, 3.05) is 6.61 Å². The molecule has 102 valence electrons. The van der Waals surface area contributed by atoms with Crippen molar-refractivity contribution in [2.45, 2.75) is 26.1 Å². The molecule has 0 spiro atoms. The van der Waals surface area contributed by atoms with Crippen LogP contribution in [-0.4, -0.2) is 26.7 Å². The number of aryl methyl sites for hydroxylation is 1. The Morgan fingerprint density at radius 2 is 2.21 bits per heavy atom. The summed E-state index contributed by atoms with van der Waals surface area (Å²) in [6.07, 6.45) is 2.51. The van der Waals surface area contributed by atoms with Crippen molar-refractivity contribution in [2.24, 2.45) is 0 Å². The fraction of sp³-hybridized carbons (Fsp3) is 0.385. The highest BCUT2D eigenvalue weighted by Gasteiger charge is 2.01. The van der Waals surface area contributed by atoms with Crippen LogP contribution in [0, 0.1) is 5.82 Å². The van der Waals surface area contributed by atoms with E-state index in [0.29, 0.717) is 26.1 Å². The second-order valence-electron chi connectivity index (χ2n) is 4.28. The van der Waals surface area contributed by atoms with Crippen LogP contribution in [0.15, 0.2) is 30.5 Å². The van der Waals surface area contributed by atoms with Crippen molar-refractivity contribution >= 4 is 0 Å². The molecule has 0 amide bonds. The minimum Gasteiger partial charge on any atom is -0.396 e. The largest absolute Gasteiger partial charge is 0.396 e. The van der Waals surface area contributed by atoms with Gasteiger partial charge in [-0.2, -0.15) is 0 Å². The quantitative estimate of drug-likeness (QED) is 0.786. The van der Waals surface area contributed by atoms with E-state index in [4.69, 9.17) is 5.11 Å². The van der Waals surface area contributed by atoms with Gasteiger partial charge >= 0.3 is 0 Å². The van der Waals surface area contributed by atoms with Crippen molar-refractivity contribution < 1.29 is 9.50 Å². The van der Waals surface area contributed by atoms with E-state index in [2.05, 4.69) is 15.6 Å². The van der Waals surface area contributed by atoms with E-state index < -0.39 is 0 Å². The number of nitrogens with zero attached hydrogens (tertiary/aromatic N) is 3. The van der Waals surface area contributed by atoms with Crippen molar-refractivity contribution in [3.8, 4) is 0 Å². The molecule has 0 aliphatic carbocycles. The number of aliphatic hydroxyl groups is 1. The summed E-state index contributed by atoms with van der Waals surface area (Å²) >= 11 is 0. The summed E-state index contributed by atoms with van der Waals surface area (Å²) in [6.45, 7) is 1.97. The molecule has 0 aliphatic heterocycles. The normalized spacial score (nSPS) is 10.8. The number of hydrogen-bond donors (Lipinski definition) is 2. The van der Waals surface area contributed by atoms with Crippen LogP contribution in [0.1, 0.15) is 17.7 Å². The third-order valence-electron chi connectivity index (χ3n) is 2.66. The van der Waals surface area contributed by atoms with E-state index in [-0.39, 0.29) is 12.4 Å². The van der Waals surface area contributed by atoms with E-state index in [0.717, 1.165) is 11.3 Å². The lowest BCUT2D eigenvalue weighted by atomic mass is 10.2. The Kier molecular flexibility index (Phi) is 5.00. The van der Waals surface area contributed by atoms with E-state index in [1.807, 2.05) is 12.3 Å². The molecular formula is C13H17FN4O. The van der Waals surface area contributed by atoms with Crippen LogP contribution in [0.3, 0.4) is 0 Å². The molecule has 0 aliphatic rings. The Balaban J connectivity index is 1.77. The number of aromatic nitrogens is 3. The molecule has 6 heteroatoms. The number of aliphatic hydroxyl groups excluding tert-OH is 1. The minimum atomic E-state index is -0.228. The van der Waals surface area contributed by atoms with Crippen LogP contribution in [0.2, 0.25) is 0 Å². The van der Waals surface area contributed by atoms with Crippen LogP contribution < -0.4 is 5.32 Å². The summed E-state index contributed by atoms with van der Waals surface area (Å²) in [4.78, 5) is 0. The monoisotopic (exact) mass is 264 g/mol. The van der Waals surface area contributed by atoms with Crippen molar-refractivity contribution in [3.05, 3.63) is 47.5 Å². The molecular weight excluding hydrogens is 247 g/mol. The number of nitrogens with one attached hydrogen (secondary N) is 1. The van der Waals surface area contributed by atoms with Crippen molar-refractivity contribution in [1.82, 2.24) is 20.3 Å². The van der Waals surface area contributed by atoms with Gasteiger partial charge in [-0.3, -0.25) is 4.68 Å². The first-order valence-electron chi connectivity index (χ1n) is 6.23. The average Bonchev–Trinajstić information content (AvgIpc) is 2.84. The van der Waals surface area contributed by atoms with Gasteiger partial charge < -0.3 is 10.4 Å². The lowest BCUT2D eigenvalue weighted by molar-refractivity contribution is 0.276. The highest BCUT2D eigenvalue weighted by molar-refractivity contribution is 5.16. The molecule has 0 atom stereocenters. The van der Waals surface area contributed by atoms with Crippen molar-refractivity contribution in [3.63, 3.8) is 0 Å². The fourth-order valence-corrected chi connectivity index (χ4v) is 1.74. The molecule has 0 fully saturated rings. The zero-order chi connectivity index (χ0) is 13.5. The van der Waals surface area contributed by atoms with E-state index in [1.165, 1.54) is 12.1 Å². The smallest absolute Gasteiger partial charge is 0.123 e. The average molecular weight is 264 g/mol. The van der Waals surface area contributed by atoms with Crippen LogP contribution >= 0.6 is 0 Å². The van der Waals surface area contributed by atoms with E-state index >= 15 is 0 Å². The highest BCUT2D eigenvalue weighted by Crippen LogP contribution is 2.03. The van der Waals surface area contributed by atoms with Gasteiger partial charge in [-0.1, -0.05) is 17.3 Å². The molecule has 2 aromatic rings. The molecule has 0 unspecified atom stereocenters. The molecule has 2 N–H and O–H groups in total. The van der Waals surface area contributed by atoms with E-state index in [9.17, 15) is 4.39 Å². The zero-order valence-electron chi connectivity index (χ0n) is 10.6. The van der Waals surface area contributed by atoms with Gasteiger partial charge in [0.05, 0.1) is 5.69 Å². The third kappa shape index (κ3) is 4.42. The number of halogens is 1. The molecule has 0 bridgehead atoms. The van der Waals surface area contributed by atoms with Gasteiger partial charge in [-0.25, -0.2) is 4.39 Å². The van der Waals surface area contributed by atoms with Gasteiger partial charge in [0.2, 0.25) is 0 Å². The molecule has 0 saturated carbocycles. The van der Waals surface area contributed by atoms with Crippen LogP contribution in [0.4, 0.5) is 4.39 Å². The Morgan fingerprint density at radius 1 is 1.32 bits per heavy atom. The Bertz CT molecular complexity index is 515. The van der Waals surface area contributed by atoms with Crippen molar-refractivity contribution in [1.29, 1.82) is 0 Å². The maximum absolute atomic E-state index is 13.0. The molecule has 5 nitrogen and oxygen atoms in total. The van der Waals surface area contributed by atoms with Gasteiger partial charge in [0.15, 0.2) is 0 Å². The van der Waals surface area contributed by atoms with E-state index in [1.54, 1.807) is 10.7 Å². The third-order valence-corrected chi connectivity index (χ3v) is 2.66. The molecule has 19 heavy (non-hydrogen) atoms. The Labute approximate surface area is 111 Å². The second kappa shape index (κ2) is 6.96. The SMILES string of the molecule is OCCCn1cc(CNCc2cccc(F)c2)nn1. The van der Waals surface area contributed by atoms with Crippen LogP contribution in [-0.2, 0) is 19.6 Å². The molecule has 2 rings (SSSR count). The van der Waals surface area contributed by atoms with Gasteiger partial charge in [0.1, 0.15) is 5.82 Å². The summed E-state index contributed by atoms with van der Waals surface area (Å²) in [5.74, 6) is -0.228. The Morgan fingerprint density at radius 3 is 3.00 bits per heavy atom. The lowest BCUT2D eigenvalue weighted by Crippen LogP contribution is -2.13. The first-order chi connectivity index (χ1) is 9.28. The predicted octanol–water partition coefficient (Wildman–Crippen LogP) is 1.09.